The third-order valence-electron chi connectivity index (χ3n) is 4.64. The number of piperidine rings is 1. The zero-order chi connectivity index (χ0) is 18.6. The van der Waals surface area contributed by atoms with Crippen LogP contribution in [0.5, 0.6) is 0 Å². The summed E-state index contributed by atoms with van der Waals surface area (Å²) in [5.41, 5.74) is -0.868. The van der Waals surface area contributed by atoms with Gasteiger partial charge in [-0.15, -0.1) is 0 Å². The molecule has 0 radical (unpaired) electrons. The van der Waals surface area contributed by atoms with E-state index in [-0.39, 0.29) is 17.7 Å². The number of aliphatic hydroxyl groups is 1. The largest absolute Gasteiger partial charge is 0.388 e. The highest BCUT2D eigenvalue weighted by molar-refractivity contribution is 5.94. The van der Waals surface area contributed by atoms with Gasteiger partial charge in [-0.1, -0.05) is 12.1 Å². The maximum Gasteiger partial charge on any atom is 0.270 e. The first-order valence-electron chi connectivity index (χ1n) is 8.47. The molecule has 26 heavy (non-hydrogen) atoms. The molecule has 0 bridgehead atoms. The van der Waals surface area contributed by atoms with Gasteiger partial charge in [-0.05, 0) is 25.0 Å². The number of halogens is 1. The van der Waals surface area contributed by atoms with Crippen molar-refractivity contribution < 1.29 is 14.3 Å². The molecule has 0 saturated carbocycles. The van der Waals surface area contributed by atoms with Gasteiger partial charge in [-0.3, -0.25) is 19.5 Å². The highest BCUT2D eigenvalue weighted by Gasteiger charge is 2.33. The number of aromatic amines is 1. The molecule has 2 aromatic rings. The molecule has 1 aliphatic heterocycles. The van der Waals surface area contributed by atoms with Crippen molar-refractivity contribution in [1.82, 2.24) is 20.2 Å². The van der Waals surface area contributed by atoms with Crippen molar-refractivity contribution in [3.63, 3.8) is 0 Å². The number of amides is 1. The molecule has 1 saturated heterocycles. The molecular weight excluding hydrogens is 339 g/mol. The third kappa shape index (κ3) is 4.33. The standard InChI is InChI=1S/C18H21FN4O3/c19-14-4-2-1-3-13(14)16(24)22-12-18(26)5-9-23(10-6-18)11-15-17(25)21-8-7-20-15/h1-4,7-8,26H,5-6,9-12H2,(H,21,25)(H,22,24). The quantitative estimate of drug-likeness (QED) is 0.728. The molecule has 1 aliphatic rings. The van der Waals surface area contributed by atoms with Gasteiger partial charge in [0.05, 0.1) is 11.2 Å². The highest BCUT2D eigenvalue weighted by Crippen LogP contribution is 2.22. The number of carbonyl (C=O) groups is 1. The van der Waals surface area contributed by atoms with Gasteiger partial charge in [0.2, 0.25) is 0 Å². The van der Waals surface area contributed by atoms with Crippen LogP contribution in [-0.4, -0.2) is 51.1 Å². The van der Waals surface area contributed by atoms with Crippen LogP contribution >= 0.6 is 0 Å². The first kappa shape index (κ1) is 18.2. The minimum atomic E-state index is -1.05. The molecule has 0 aliphatic carbocycles. The van der Waals surface area contributed by atoms with Crippen LogP contribution in [0, 0.1) is 5.82 Å². The van der Waals surface area contributed by atoms with Crippen LogP contribution in [0.15, 0.2) is 41.5 Å². The first-order chi connectivity index (χ1) is 12.5. The second-order valence-electron chi connectivity index (χ2n) is 6.53. The van der Waals surface area contributed by atoms with Crippen molar-refractivity contribution in [2.24, 2.45) is 0 Å². The van der Waals surface area contributed by atoms with E-state index in [0.29, 0.717) is 38.2 Å². The minimum absolute atomic E-state index is 0.0390. The van der Waals surface area contributed by atoms with E-state index in [1.54, 1.807) is 6.07 Å². The molecule has 1 fully saturated rings. The number of carbonyl (C=O) groups excluding carboxylic acids is 1. The maximum atomic E-state index is 13.6. The summed E-state index contributed by atoms with van der Waals surface area (Å²) in [4.78, 5) is 32.5. The molecule has 8 heteroatoms. The van der Waals surface area contributed by atoms with Crippen LogP contribution in [0.4, 0.5) is 4.39 Å². The summed E-state index contributed by atoms with van der Waals surface area (Å²) in [7, 11) is 0. The molecule has 3 N–H and O–H groups in total. The van der Waals surface area contributed by atoms with E-state index >= 15 is 0 Å². The van der Waals surface area contributed by atoms with Crippen LogP contribution in [0.2, 0.25) is 0 Å². The van der Waals surface area contributed by atoms with Gasteiger partial charge in [-0.25, -0.2) is 4.39 Å². The molecule has 0 spiro atoms. The predicted molar refractivity (Wildman–Crippen MR) is 93.1 cm³/mol. The Hall–Kier alpha value is -2.58. The van der Waals surface area contributed by atoms with Gasteiger partial charge >= 0.3 is 0 Å². The number of H-pyrrole nitrogens is 1. The molecule has 1 aromatic heterocycles. The predicted octanol–water partition coefficient (Wildman–Crippen LogP) is 0.666. The number of aromatic nitrogens is 2. The molecule has 1 aromatic carbocycles. The topological polar surface area (TPSA) is 98.3 Å². The fraction of sp³-hybridized carbons (Fsp3) is 0.389. The smallest absolute Gasteiger partial charge is 0.270 e. The van der Waals surface area contributed by atoms with E-state index in [9.17, 15) is 19.1 Å². The first-order valence-corrected chi connectivity index (χ1v) is 8.47. The summed E-state index contributed by atoms with van der Waals surface area (Å²) in [6, 6.07) is 5.73. The molecule has 0 unspecified atom stereocenters. The van der Waals surface area contributed by atoms with Crippen molar-refractivity contribution in [3.05, 3.63) is 64.1 Å². The monoisotopic (exact) mass is 360 g/mol. The Bertz CT molecular complexity index is 831. The van der Waals surface area contributed by atoms with Gasteiger partial charge in [0.25, 0.3) is 11.5 Å². The number of benzene rings is 1. The van der Waals surface area contributed by atoms with Crippen molar-refractivity contribution in [2.45, 2.75) is 25.0 Å². The van der Waals surface area contributed by atoms with Crippen LogP contribution in [-0.2, 0) is 6.54 Å². The number of nitrogens with one attached hydrogen (secondary N) is 2. The normalized spacial score (nSPS) is 17.0. The van der Waals surface area contributed by atoms with E-state index in [4.69, 9.17) is 0 Å². The number of rotatable bonds is 5. The summed E-state index contributed by atoms with van der Waals surface area (Å²) in [5, 5.41) is 13.3. The Morgan fingerprint density at radius 1 is 1.35 bits per heavy atom. The molecule has 2 heterocycles. The summed E-state index contributed by atoms with van der Waals surface area (Å²) in [6.07, 6.45) is 3.90. The Balaban J connectivity index is 1.52. The summed E-state index contributed by atoms with van der Waals surface area (Å²) in [5.74, 6) is -1.13. The second kappa shape index (κ2) is 7.76. The average molecular weight is 360 g/mol. The number of hydrogen-bond acceptors (Lipinski definition) is 5. The van der Waals surface area contributed by atoms with Crippen molar-refractivity contribution in [3.8, 4) is 0 Å². The highest BCUT2D eigenvalue weighted by atomic mass is 19.1. The summed E-state index contributed by atoms with van der Waals surface area (Å²) < 4.78 is 13.6. The van der Waals surface area contributed by atoms with E-state index in [2.05, 4.69) is 15.3 Å². The molecule has 1 amide bonds. The zero-order valence-corrected chi connectivity index (χ0v) is 14.2. The zero-order valence-electron chi connectivity index (χ0n) is 14.2. The Kier molecular flexibility index (Phi) is 5.43. The van der Waals surface area contributed by atoms with Crippen LogP contribution in [0.3, 0.4) is 0 Å². The SMILES string of the molecule is O=C(NCC1(O)CCN(Cc2ncc[nH]c2=O)CC1)c1ccccc1F. The van der Waals surface area contributed by atoms with Crippen LogP contribution in [0.1, 0.15) is 28.9 Å². The third-order valence-corrected chi connectivity index (χ3v) is 4.64. The lowest BCUT2D eigenvalue weighted by Gasteiger charge is -2.38. The van der Waals surface area contributed by atoms with Crippen molar-refractivity contribution in [1.29, 1.82) is 0 Å². The van der Waals surface area contributed by atoms with Gasteiger partial charge in [0, 0.05) is 38.6 Å². The lowest BCUT2D eigenvalue weighted by molar-refractivity contribution is -0.0211. The summed E-state index contributed by atoms with van der Waals surface area (Å²) in [6.45, 7) is 1.61. The summed E-state index contributed by atoms with van der Waals surface area (Å²) >= 11 is 0. The van der Waals surface area contributed by atoms with Crippen molar-refractivity contribution >= 4 is 5.91 Å². The molecule has 7 nitrogen and oxygen atoms in total. The molecule has 3 rings (SSSR count). The molecule has 138 valence electrons. The Labute approximate surface area is 149 Å². The lowest BCUT2D eigenvalue weighted by Crippen LogP contribution is -2.51. The number of likely N-dealkylation sites (tertiary alicyclic amines) is 1. The van der Waals surface area contributed by atoms with Gasteiger partial charge in [-0.2, -0.15) is 0 Å². The second-order valence-corrected chi connectivity index (χ2v) is 6.53. The van der Waals surface area contributed by atoms with Crippen LogP contribution < -0.4 is 10.9 Å². The van der Waals surface area contributed by atoms with E-state index in [1.165, 1.54) is 30.6 Å². The fourth-order valence-corrected chi connectivity index (χ4v) is 3.00. The Morgan fingerprint density at radius 3 is 2.77 bits per heavy atom. The maximum absolute atomic E-state index is 13.6. The van der Waals surface area contributed by atoms with Gasteiger partial charge in [0.15, 0.2) is 0 Å². The van der Waals surface area contributed by atoms with E-state index < -0.39 is 17.3 Å². The average Bonchev–Trinajstić information content (AvgIpc) is 2.64. The Morgan fingerprint density at radius 2 is 2.08 bits per heavy atom. The van der Waals surface area contributed by atoms with E-state index in [0.717, 1.165) is 0 Å². The van der Waals surface area contributed by atoms with E-state index in [1.807, 2.05) is 4.90 Å². The lowest BCUT2D eigenvalue weighted by atomic mass is 9.91. The van der Waals surface area contributed by atoms with Gasteiger partial charge < -0.3 is 15.4 Å². The molecule has 0 atom stereocenters. The molecular formula is C18H21FN4O3. The number of nitrogens with zero attached hydrogens (tertiary/aromatic N) is 2. The van der Waals surface area contributed by atoms with Crippen LogP contribution in [0.25, 0.3) is 0 Å². The van der Waals surface area contributed by atoms with Crippen molar-refractivity contribution in [2.75, 3.05) is 19.6 Å². The van der Waals surface area contributed by atoms with Gasteiger partial charge in [0.1, 0.15) is 11.5 Å². The minimum Gasteiger partial charge on any atom is -0.388 e. The number of hydrogen-bond donors (Lipinski definition) is 3. The fourth-order valence-electron chi connectivity index (χ4n) is 3.00.